The molecule has 0 amide bonds. The van der Waals surface area contributed by atoms with E-state index in [1.165, 1.54) is 6.92 Å². The molecule has 0 aromatic rings. The number of aliphatic hydroxyl groups excluding tert-OH is 1. The van der Waals surface area contributed by atoms with E-state index < -0.39 is 18.0 Å². The van der Waals surface area contributed by atoms with Crippen molar-refractivity contribution >= 4 is 11.9 Å². The predicted molar refractivity (Wildman–Crippen MR) is 42.3 cm³/mol. The minimum absolute atomic E-state index is 0.130. The van der Waals surface area contributed by atoms with Crippen LogP contribution in [0.2, 0.25) is 0 Å². The van der Waals surface area contributed by atoms with Gasteiger partial charge in [-0.2, -0.15) is 0 Å². The summed E-state index contributed by atoms with van der Waals surface area (Å²) >= 11 is 0. The molecule has 0 rings (SSSR count). The van der Waals surface area contributed by atoms with Crippen LogP contribution >= 0.6 is 0 Å². The first kappa shape index (κ1) is 11.1. The van der Waals surface area contributed by atoms with E-state index in [-0.39, 0.29) is 12.8 Å². The Morgan fingerprint density at radius 3 is 2.42 bits per heavy atom. The summed E-state index contributed by atoms with van der Waals surface area (Å²) in [4.78, 5) is 21.4. The molecule has 0 aliphatic carbocycles. The summed E-state index contributed by atoms with van der Waals surface area (Å²) in [6.45, 7) is 3.28. The van der Waals surface area contributed by atoms with Crippen molar-refractivity contribution in [1.82, 2.24) is 0 Å². The standard InChI is InChI=1S/C8H14O4/c1-3-4-7(10)12-8(11)5-6(2)9/h6,9H,3-5H2,1-2H3. The molecule has 1 unspecified atom stereocenters. The van der Waals surface area contributed by atoms with Gasteiger partial charge in [-0.3, -0.25) is 9.59 Å². The molecule has 0 aliphatic heterocycles. The molecule has 70 valence electrons. The summed E-state index contributed by atoms with van der Waals surface area (Å²) in [6.07, 6.45) is 0.00819. The first-order chi connectivity index (χ1) is 5.56. The largest absolute Gasteiger partial charge is 0.393 e. The number of rotatable bonds is 4. The number of esters is 2. The van der Waals surface area contributed by atoms with Gasteiger partial charge in [0, 0.05) is 6.42 Å². The highest BCUT2D eigenvalue weighted by molar-refractivity contribution is 5.85. The maximum absolute atomic E-state index is 10.7. The Morgan fingerprint density at radius 2 is 2.00 bits per heavy atom. The fourth-order valence-electron chi connectivity index (χ4n) is 0.665. The van der Waals surface area contributed by atoms with Crippen molar-refractivity contribution in [3.05, 3.63) is 0 Å². The second kappa shape index (κ2) is 5.71. The van der Waals surface area contributed by atoms with Gasteiger partial charge in [-0.05, 0) is 13.3 Å². The van der Waals surface area contributed by atoms with Gasteiger partial charge in [0.2, 0.25) is 0 Å². The highest BCUT2D eigenvalue weighted by atomic mass is 16.6. The topological polar surface area (TPSA) is 63.6 Å². The minimum atomic E-state index is -0.757. The molecule has 0 radical (unpaired) electrons. The summed E-state index contributed by atoms with van der Waals surface area (Å²) in [5.41, 5.74) is 0. The fraction of sp³-hybridized carbons (Fsp3) is 0.750. The van der Waals surface area contributed by atoms with Crippen LogP contribution in [0, 0.1) is 0 Å². The zero-order valence-electron chi connectivity index (χ0n) is 7.37. The van der Waals surface area contributed by atoms with Crippen LogP contribution in [0.3, 0.4) is 0 Å². The molecule has 4 heteroatoms. The summed E-state index contributed by atoms with van der Waals surface area (Å²) < 4.78 is 4.36. The highest BCUT2D eigenvalue weighted by Gasteiger charge is 2.11. The van der Waals surface area contributed by atoms with Crippen molar-refractivity contribution in [2.75, 3.05) is 0 Å². The monoisotopic (exact) mass is 174 g/mol. The fourth-order valence-corrected chi connectivity index (χ4v) is 0.665. The molecule has 4 nitrogen and oxygen atoms in total. The molecule has 0 aromatic carbocycles. The molecule has 0 heterocycles. The summed E-state index contributed by atoms with van der Waals surface area (Å²) in [7, 11) is 0. The van der Waals surface area contributed by atoms with Crippen molar-refractivity contribution in [1.29, 1.82) is 0 Å². The number of ether oxygens (including phenoxy) is 1. The van der Waals surface area contributed by atoms with Gasteiger partial charge in [0.15, 0.2) is 0 Å². The maximum atomic E-state index is 10.7. The van der Waals surface area contributed by atoms with Crippen LogP contribution in [0.4, 0.5) is 0 Å². The van der Waals surface area contributed by atoms with Crippen LogP contribution in [-0.2, 0) is 14.3 Å². The summed E-state index contributed by atoms with van der Waals surface area (Å²) in [6, 6.07) is 0. The third kappa shape index (κ3) is 5.85. The smallest absolute Gasteiger partial charge is 0.316 e. The van der Waals surface area contributed by atoms with E-state index in [1.807, 2.05) is 6.92 Å². The Labute approximate surface area is 71.5 Å². The van der Waals surface area contributed by atoms with Gasteiger partial charge >= 0.3 is 11.9 Å². The SMILES string of the molecule is CCCC(=O)OC(=O)CC(C)O. The molecule has 0 saturated heterocycles. The van der Waals surface area contributed by atoms with Crippen LogP contribution in [0.1, 0.15) is 33.1 Å². The zero-order chi connectivity index (χ0) is 9.56. The minimum Gasteiger partial charge on any atom is -0.393 e. The Bertz CT molecular complexity index is 162. The molecule has 0 spiro atoms. The average Bonchev–Trinajstić information content (AvgIpc) is 1.84. The third-order valence-corrected chi connectivity index (χ3v) is 1.14. The first-order valence-electron chi connectivity index (χ1n) is 3.97. The number of hydrogen-bond acceptors (Lipinski definition) is 4. The Hall–Kier alpha value is -0.900. The molecule has 1 N–H and O–H groups in total. The van der Waals surface area contributed by atoms with Crippen molar-refractivity contribution < 1.29 is 19.4 Å². The van der Waals surface area contributed by atoms with Gasteiger partial charge in [-0.1, -0.05) is 6.92 Å². The summed E-state index contributed by atoms with van der Waals surface area (Å²) in [5, 5.41) is 8.75. The highest BCUT2D eigenvalue weighted by Crippen LogP contribution is 1.97. The molecule has 0 fully saturated rings. The van der Waals surface area contributed by atoms with E-state index in [9.17, 15) is 9.59 Å². The lowest BCUT2D eigenvalue weighted by Gasteiger charge is -2.03. The molecular weight excluding hydrogens is 160 g/mol. The van der Waals surface area contributed by atoms with Gasteiger partial charge in [0.25, 0.3) is 0 Å². The number of carbonyl (C=O) groups excluding carboxylic acids is 2. The number of aliphatic hydroxyl groups is 1. The predicted octanol–water partition coefficient (Wildman–Crippen LogP) is 0.627. The van der Waals surface area contributed by atoms with E-state index in [1.54, 1.807) is 0 Å². The van der Waals surface area contributed by atoms with E-state index in [0.717, 1.165) is 0 Å². The van der Waals surface area contributed by atoms with Gasteiger partial charge in [0.1, 0.15) is 0 Å². The number of carbonyl (C=O) groups is 2. The van der Waals surface area contributed by atoms with E-state index in [4.69, 9.17) is 5.11 Å². The van der Waals surface area contributed by atoms with Crippen molar-refractivity contribution in [3.63, 3.8) is 0 Å². The molecule has 1 atom stereocenters. The van der Waals surface area contributed by atoms with E-state index in [0.29, 0.717) is 6.42 Å². The Balaban J connectivity index is 3.62. The van der Waals surface area contributed by atoms with Gasteiger partial charge in [-0.25, -0.2) is 0 Å². The van der Waals surface area contributed by atoms with Crippen LogP contribution in [0.5, 0.6) is 0 Å². The summed E-state index contributed by atoms with van der Waals surface area (Å²) in [5.74, 6) is -1.19. The molecule has 0 saturated carbocycles. The van der Waals surface area contributed by atoms with Gasteiger partial charge < -0.3 is 9.84 Å². The Morgan fingerprint density at radius 1 is 1.42 bits per heavy atom. The average molecular weight is 174 g/mol. The maximum Gasteiger partial charge on any atom is 0.316 e. The van der Waals surface area contributed by atoms with E-state index in [2.05, 4.69) is 4.74 Å². The lowest BCUT2D eigenvalue weighted by atomic mass is 10.3. The van der Waals surface area contributed by atoms with Crippen molar-refractivity contribution in [2.45, 2.75) is 39.2 Å². The van der Waals surface area contributed by atoms with Crippen molar-refractivity contribution in [2.24, 2.45) is 0 Å². The quantitative estimate of drug-likeness (QED) is 0.501. The van der Waals surface area contributed by atoms with Gasteiger partial charge in [-0.15, -0.1) is 0 Å². The lowest BCUT2D eigenvalue weighted by molar-refractivity contribution is -0.160. The van der Waals surface area contributed by atoms with Crippen LogP contribution < -0.4 is 0 Å². The van der Waals surface area contributed by atoms with Crippen LogP contribution in [0.25, 0.3) is 0 Å². The van der Waals surface area contributed by atoms with Crippen LogP contribution in [0.15, 0.2) is 0 Å². The molecule has 0 aromatic heterocycles. The zero-order valence-corrected chi connectivity index (χ0v) is 7.37. The number of hydrogen-bond donors (Lipinski definition) is 1. The van der Waals surface area contributed by atoms with E-state index >= 15 is 0 Å². The lowest BCUT2D eigenvalue weighted by Crippen LogP contribution is -2.16. The van der Waals surface area contributed by atoms with Gasteiger partial charge in [0.05, 0.1) is 12.5 Å². The molecular formula is C8H14O4. The molecule has 0 bridgehead atoms. The Kier molecular flexibility index (Phi) is 5.28. The second-order valence-corrected chi connectivity index (χ2v) is 2.65. The normalized spacial score (nSPS) is 12.2. The molecule has 0 aliphatic rings. The first-order valence-corrected chi connectivity index (χ1v) is 3.97. The second-order valence-electron chi connectivity index (χ2n) is 2.65. The molecule has 12 heavy (non-hydrogen) atoms. The third-order valence-electron chi connectivity index (χ3n) is 1.14. The van der Waals surface area contributed by atoms with Crippen molar-refractivity contribution in [3.8, 4) is 0 Å². The van der Waals surface area contributed by atoms with Crippen LogP contribution in [-0.4, -0.2) is 23.1 Å².